The Morgan fingerprint density at radius 3 is 2.62 bits per heavy atom. The summed E-state index contributed by atoms with van der Waals surface area (Å²) < 4.78 is 2.50. The minimum atomic E-state index is 0.652. The summed E-state index contributed by atoms with van der Waals surface area (Å²) in [6.45, 7) is 6.41. The molecular weight excluding hydrogens is 298 g/mol. The standard InChI is InChI=1S/C16H23N3S2/c1-11-12(2)19(15-7-5-4-6-8-15)16(17-11)21-10-14-9-20-13(3)18-14/h9,15H,4-8,10H2,1-3H3. The van der Waals surface area contributed by atoms with Gasteiger partial charge in [0, 0.05) is 22.9 Å². The van der Waals surface area contributed by atoms with Crippen molar-refractivity contribution < 1.29 is 0 Å². The number of aromatic nitrogens is 3. The first kappa shape index (κ1) is 15.1. The Morgan fingerprint density at radius 2 is 1.95 bits per heavy atom. The molecule has 2 aromatic rings. The molecule has 0 atom stereocenters. The number of imidazole rings is 1. The lowest BCUT2D eigenvalue weighted by atomic mass is 9.95. The van der Waals surface area contributed by atoms with E-state index >= 15 is 0 Å². The van der Waals surface area contributed by atoms with Crippen LogP contribution in [0.2, 0.25) is 0 Å². The molecular formula is C16H23N3S2. The number of nitrogens with zero attached hydrogens (tertiary/aromatic N) is 3. The summed E-state index contributed by atoms with van der Waals surface area (Å²) in [6.07, 6.45) is 6.72. The first-order valence-corrected chi connectivity index (χ1v) is 9.61. The third-order valence-corrected chi connectivity index (χ3v) is 6.12. The van der Waals surface area contributed by atoms with Gasteiger partial charge in [-0.25, -0.2) is 9.97 Å². The largest absolute Gasteiger partial charge is 0.320 e. The van der Waals surface area contributed by atoms with Crippen LogP contribution < -0.4 is 0 Å². The highest BCUT2D eigenvalue weighted by atomic mass is 32.2. The van der Waals surface area contributed by atoms with Gasteiger partial charge < -0.3 is 4.57 Å². The summed E-state index contributed by atoms with van der Waals surface area (Å²) >= 11 is 3.57. The van der Waals surface area contributed by atoms with Crippen LogP contribution in [0.15, 0.2) is 10.5 Å². The Morgan fingerprint density at radius 1 is 1.19 bits per heavy atom. The summed E-state index contributed by atoms with van der Waals surface area (Å²) in [7, 11) is 0. The zero-order chi connectivity index (χ0) is 14.8. The SMILES string of the molecule is Cc1nc(CSc2nc(C)c(C)n2C2CCCCC2)cs1. The van der Waals surface area contributed by atoms with E-state index in [9.17, 15) is 0 Å². The van der Waals surface area contributed by atoms with Crippen molar-refractivity contribution in [3.8, 4) is 0 Å². The molecule has 1 fully saturated rings. The zero-order valence-corrected chi connectivity index (χ0v) is 14.7. The fourth-order valence-electron chi connectivity index (χ4n) is 3.08. The van der Waals surface area contributed by atoms with Gasteiger partial charge in [-0.3, -0.25) is 0 Å². The normalized spacial score (nSPS) is 16.5. The fourth-order valence-corrected chi connectivity index (χ4v) is 4.85. The van der Waals surface area contributed by atoms with Crippen LogP contribution in [0.25, 0.3) is 0 Å². The Balaban J connectivity index is 1.79. The van der Waals surface area contributed by atoms with E-state index in [1.54, 1.807) is 11.3 Å². The number of thioether (sulfide) groups is 1. The van der Waals surface area contributed by atoms with E-state index < -0.39 is 0 Å². The Kier molecular flexibility index (Phi) is 4.69. The van der Waals surface area contributed by atoms with Crippen LogP contribution in [-0.2, 0) is 5.75 Å². The molecule has 0 radical (unpaired) electrons. The highest BCUT2D eigenvalue weighted by molar-refractivity contribution is 7.98. The maximum Gasteiger partial charge on any atom is 0.169 e. The molecule has 2 heterocycles. The molecule has 1 aliphatic rings. The van der Waals surface area contributed by atoms with E-state index in [-0.39, 0.29) is 0 Å². The average Bonchev–Trinajstić information content (AvgIpc) is 3.02. The Labute approximate surface area is 135 Å². The lowest BCUT2D eigenvalue weighted by Crippen LogP contribution is -2.15. The second-order valence-electron chi connectivity index (χ2n) is 5.87. The van der Waals surface area contributed by atoms with E-state index in [0.29, 0.717) is 6.04 Å². The van der Waals surface area contributed by atoms with Crippen LogP contribution in [0, 0.1) is 20.8 Å². The van der Waals surface area contributed by atoms with E-state index in [2.05, 4.69) is 35.7 Å². The maximum absolute atomic E-state index is 4.81. The summed E-state index contributed by atoms with van der Waals surface area (Å²) in [5, 5.41) is 4.49. The van der Waals surface area contributed by atoms with Crippen molar-refractivity contribution in [3.63, 3.8) is 0 Å². The number of aryl methyl sites for hydroxylation is 2. The van der Waals surface area contributed by atoms with Gasteiger partial charge in [0.1, 0.15) is 0 Å². The van der Waals surface area contributed by atoms with Crippen LogP contribution in [0.4, 0.5) is 0 Å². The van der Waals surface area contributed by atoms with Crippen molar-refractivity contribution >= 4 is 23.1 Å². The fraction of sp³-hybridized carbons (Fsp3) is 0.625. The second kappa shape index (κ2) is 6.53. The highest BCUT2D eigenvalue weighted by Gasteiger charge is 2.22. The molecule has 21 heavy (non-hydrogen) atoms. The van der Waals surface area contributed by atoms with E-state index in [1.165, 1.54) is 54.3 Å². The van der Waals surface area contributed by atoms with Gasteiger partial charge >= 0.3 is 0 Å². The van der Waals surface area contributed by atoms with Crippen molar-refractivity contribution in [2.75, 3.05) is 0 Å². The van der Waals surface area contributed by atoms with Crippen LogP contribution in [0.5, 0.6) is 0 Å². The molecule has 114 valence electrons. The van der Waals surface area contributed by atoms with Crippen LogP contribution in [-0.4, -0.2) is 14.5 Å². The second-order valence-corrected chi connectivity index (χ2v) is 7.88. The van der Waals surface area contributed by atoms with Gasteiger partial charge in [-0.05, 0) is 33.6 Å². The van der Waals surface area contributed by atoms with Gasteiger partial charge in [0.25, 0.3) is 0 Å². The van der Waals surface area contributed by atoms with Crippen molar-refractivity contribution in [1.82, 2.24) is 14.5 Å². The number of hydrogen-bond acceptors (Lipinski definition) is 4. The Hall–Kier alpha value is -0.810. The molecule has 0 aromatic carbocycles. The van der Waals surface area contributed by atoms with Crippen molar-refractivity contribution in [2.45, 2.75) is 69.8 Å². The molecule has 5 heteroatoms. The zero-order valence-electron chi connectivity index (χ0n) is 13.1. The molecule has 0 saturated heterocycles. The smallest absolute Gasteiger partial charge is 0.169 e. The van der Waals surface area contributed by atoms with Gasteiger partial charge in [0.05, 0.1) is 16.4 Å². The maximum atomic E-state index is 4.81. The average molecular weight is 322 g/mol. The molecule has 0 N–H and O–H groups in total. The number of thiazole rings is 1. The van der Waals surface area contributed by atoms with Gasteiger partial charge in [0.2, 0.25) is 0 Å². The van der Waals surface area contributed by atoms with Crippen molar-refractivity contribution in [3.05, 3.63) is 27.5 Å². The number of rotatable bonds is 4. The third kappa shape index (κ3) is 3.34. The predicted molar refractivity (Wildman–Crippen MR) is 90.2 cm³/mol. The lowest BCUT2D eigenvalue weighted by molar-refractivity contribution is 0.332. The lowest BCUT2D eigenvalue weighted by Gasteiger charge is -2.26. The van der Waals surface area contributed by atoms with Gasteiger partial charge in [-0.15, -0.1) is 11.3 Å². The molecule has 0 aliphatic heterocycles. The predicted octanol–water partition coefficient (Wildman–Crippen LogP) is 5.06. The van der Waals surface area contributed by atoms with E-state index in [4.69, 9.17) is 4.98 Å². The van der Waals surface area contributed by atoms with Crippen LogP contribution in [0.1, 0.15) is 60.2 Å². The minimum Gasteiger partial charge on any atom is -0.320 e. The van der Waals surface area contributed by atoms with Crippen LogP contribution in [0.3, 0.4) is 0 Å². The summed E-state index contributed by atoms with van der Waals surface area (Å²) in [5.41, 5.74) is 3.70. The molecule has 3 rings (SSSR count). The van der Waals surface area contributed by atoms with Crippen molar-refractivity contribution in [2.24, 2.45) is 0 Å². The summed E-state index contributed by atoms with van der Waals surface area (Å²) in [6, 6.07) is 0.652. The Bertz CT molecular complexity index is 609. The van der Waals surface area contributed by atoms with Gasteiger partial charge in [-0.2, -0.15) is 0 Å². The highest BCUT2D eigenvalue weighted by Crippen LogP contribution is 2.35. The molecule has 0 spiro atoms. The quantitative estimate of drug-likeness (QED) is 0.737. The topological polar surface area (TPSA) is 30.7 Å². The monoisotopic (exact) mass is 321 g/mol. The van der Waals surface area contributed by atoms with Crippen LogP contribution >= 0.6 is 23.1 Å². The first-order chi connectivity index (χ1) is 10.1. The van der Waals surface area contributed by atoms with Gasteiger partial charge in [-0.1, -0.05) is 31.0 Å². The van der Waals surface area contributed by atoms with Gasteiger partial charge in [0.15, 0.2) is 5.16 Å². The molecule has 0 bridgehead atoms. The number of hydrogen-bond donors (Lipinski definition) is 0. The minimum absolute atomic E-state index is 0.652. The molecule has 1 saturated carbocycles. The third-order valence-electron chi connectivity index (χ3n) is 4.31. The molecule has 2 aromatic heterocycles. The van der Waals surface area contributed by atoms with E-state index in [1.807, 2.05) is 11.8 Å². The first-order valence-electron chi connectivity index (χ1n) is 7.74. The summed E-state index contributed by atoms with van der Waals surface area (Å²) in [4.78, 5) is 9.37. The van der Waals surface area contributed by atoms with E-state index in [0.717, 1.165) is 10.8 Å². The molecule has 3 nitrogen and oxygen atoms in total. The molecule has 0 amide bonds. The van der Waals surface area contributed by atoms with Crippen molar-refractivity contribution in [1.29, 1.82) is 0 Å². The molecule has 1 aliphatic carbocycles. The molecule has 0 unspecified atom stereocenters. The summed E-state index contributed by atoms with van der Waals surface area (Å²) in [5.74, 6) is 0.924.